The van der Waals surface area contributed by atoms with Gasteiger partial charge in [-0.3, -0.25) is 9.89 Å². The summed E-state index contributed by atoms with van der Waals surface area (Å²) < 4.78 is 5.61. The minimum Gasteiger partial charge on any atom is -0.377 e. The number of aromatic amines is 1. The number of amides is 1. The molecule has 2 N–H and O–H groups in total. The Morgan fingerprint density at radius 3 is 3.18 bits per heavy atom. The molecule has 0 bridgehead atoms. The Bertz CT molecular complexity index is 389. The van der Waals surface area contributed by atoms with Crippen LogP contribution in [0.5, 0.6) is 0 Å². The van der Waals surface area contributed by atoms with E-state index in [1.54, 1.807) is 0 Å². The first-order chi connectivity index (χ1) is 8.20. The molecule has 5 heteroatoms. The van der Waals surface area contributed by atoms with E-state index in [9.17, 15) is 4.79 Å². The summed E-state index contributed by atoms with van der Waals surface area (Å²) in [6.07, 6.45) is 2.77. The van der Waals surface area contributed by atoms with E-state index in [0.29, 0.717) is 5.82 Å². The molecule has 2 atom stereocenters. The number of carbonyl (C=O) groups is 1. The van der Waals surface area contributed by atoms with Crippen molar-refractivity contribution < 1.29 is 9.53 Å². The minimum absolute atomic E-state index is 0.0167. The molecule has 0 aliphatic carbocycles. The molecule has 2 heterocycles. The van der Waals surface area contributed by atoms with E-state index >= 15 is 0 Å². The first kappa shape index (κ1) is 12.1. The second kappa shape index (κ2) is 5.31. The monoisotopic (exact) mass is 237 g/mol. The van der Waals surface area contributed by atoms with E-state index in [1.807, 2.05) is 13.0 Å². The van der Waals surface area contributed by atoms with Gasteiger partial charge in [0.25, 0.3) is 0 Å². The molecule has 2 rings (SSSR count). The molecule has 1 saturated heterocycles. The van der Waals surface area contributed by atoms with Crippen molar-refractivity contribution >= 4 is 11.7 Å². The van der Waals surface area contributed by atoms with E-state index < -0.39 is 0 Å². The van der Waals surface area contributed by atoms with Gasteiger partial charge in [-0.2, -0.15) is 5.10 Å². The zero-order valence-corrected chi connectivity index (χ0v) is 10.3. The van der Waals surface area contributed by atoms with Crippen molar-refractivity contribution in [2.24, 2.45) is 5.92 Å². The quantitative estimate of drug-likeness (QED) is 0.843. The second-order valence-electron chi connectivity index (χ2n) is 4.49. The van der Waals surface area contributed by atoms with Crippen LogP contribution in [0.15, 0.2) is 6.07 Å². The third-order valence-corrected chi connectivity index (χ3v) is 3.14. The Labute approximate surface area is 101 Å². The van der Waals surface area contributed by atoms with E-state index in [0.717, 1.165) is 31.6 Å². The van der Waals surface area contributed by atoms with Crippen molar-refractivity contribution in [2.45, 2.75) is 39.2 Å². The smallest absolute Gasteiger partial charge is 0.231 e. The first-order valence-corrected chi connectivity index (χ1v) is 6.15. The Balaban J connectivity index is 1.98. The minimum atomic E-state index is -0.0502. The van der Waals surface area contributed by atoms with Crippen LogP contribution < -0.4 is 5.32 Å². The molecule has 0 saturated carbocycles. The van der Waals surface area contributed by atoms with Crippen molar-refractivity contribution in [3.05, 3.63) is 11.8 Å². The molecule has 94 valence electrons. The van der Waals surface area contributed by atoms with Gasteiger partial charge in [0.15, 0.2) is 5.82 Å². The van der Waals surface area contributed by atoms with Crippen LogP contribution in [0.3, 0.4) is 0 Å². The Morgan fingerprint density at radius 1 is 1.71 bits per heavy atom. The van der Waals surface area contributed by atoms with Gasteiger partial charge in [-0.05, 0) is 26.2 Å². The van der Waals surface area contributed by atoms with Crippen LogP contribution in [0.25, 0.3) is 0 Å². The van der Waals surface area contributed by atoms with Gasteiger partial charge in [0.2, 0.25) is 5.91 Å². The third-order valence-electron chi connectivity index (χ3n) is 3.14. The summed E-state index contributed by atoms with van der Waals surface area (Å²) in [6, 6.07) is 1.82. The van der Waals surface area contributed by atoms with Crippen molar-refractivity contribution in [3.63, 3.8) is 0 Å². The summed E-state index contributed by atoms with van der Waals surface area (Å²) >= 11 is 0. The molecule has 0 radical (unpaired) electrons. The Kier molecular flexibility index (Phi) is 3.78. The fraction of sp³-hybridized carbons (Fsp3) is 0.667. The van der Waals surface area contributed by atoms with Crippen molar-refractivity contribution in [2.75, 3.05) is 11.9 Å². The van der Waals surface area contributed by atoms with Crippen molar-refractivity contribution in [1.29, 1.82) is 0 Å². The number of ether oxygens (including phenoxy) is 1. The summed E-state index contributed by atoms with van der Waals surface area (Å²) in [7, 11) is 0. The number of nitrogens with one attached hydrogen (secondary N) is 2. The number of hydrogen-bond donors (Lipinski definition) is 2. The third kappa shape index (κ3) is 2.85. The first-order valence-electron chi connectivity index (χ1n) is 6.15. The maximum Gasteiger partial charge on any atom is 0.231 e. The molecule has 2 unspecified atom stereocenters. The van der Waals surface area contributed by atoms with Gasteiger partial charge in [-0.1, -0.05) is 6.92 Å². The van der Waals surface area contributed by atoms with Gasteiger partial charge in [0.05, 0.1) is 12.0 Å². The predicted octanol–water partition coefficient (Wildman–Crippen LogP) is 1.86. The summed E-state index contributed by atoms with van der Waals surface area (Å²) in [4.78, 5) is 12.1. The fourth-order valence-electron chi connectivity index (χ4n) is 2.24. The van der Waals surface area contributed by atoms with Gasteiger partial charge < -0.3 is 10.1 Å². The average molecular weight is 237 g/mol. The molecule has 5 nitrogen and oxygen atoms in total. The van der Waals surface area contributed by atoms with Gasteiger partial charge in [-0.15, -0.1) is 0 Å². The van der Waals surface area contributed by atoms with E-state index in [-0.39, 0.29) is 17.9 Å². The number of H-pyrrole nitrogens is 1. The standard InChI is InChI=1S/C12H19N3O2/c1-3-10-9(5-4-6-17-10)12(16)13-11-7-8(2)14-15-11/h7,9-10H,3-6H2,1-2H3,(H2,13,14,15,16). The van der Waals surface area contributed by atoms with Crippen LogP contribution in [-0.2, 0) is 9.53 Å². The lowest BCUT2D eigenvalue weighted by Crippen LogP contribution is -2.37. The summed E-state index contributed by atoms with van der Waals surface area (Å²) in [6.45, 7) is 4.72. The highest BCUT2D eigenvalue weighted by Gasteiger charge is 2.30. The number of hydrogen-bond acceptors (Lipinski definition) is 3. The SMILES string of the molecule is CCC1OCCCC1C(=O)Nc1cc(C)[nH]n1. The number of carbonyl (C=O) groups excluding carboxylic acids is 1. The molecular formula is C12H19N3O2. The Morgan fingerprint density at radius 2 is 2.53 bits per heavy atom. The summed E-state index contributed by atoms with van der Waals surface area (Å²) in [5.74, 6) is 0.557. The van der Waals surface area contributed by atoms with Gasteiger partial charge in [-0.25, -0.2) is 0 Å². The van der Waals surface area contributed by atoms with E-state index in [4.69, 9.17) is 4.74 Å². The lowest BCUT2D eigenvalue weighted by molar-refractivity contribution is -0.129. The van der Waals surface area contributed by atoms with Crippen molar-refractivity contribution in [1.82, 2.24) is 10.2 Å². The topological polar surface area (TPSA) is 67.0 Å². The molecular weight excluding hydrogens is 218 g/mol. The van der Waals surface area contributed by atoms with Gasteiger partial charge in [0, 0.05) is 18.4 Å². The molecule has 1 aromatic rings. The lowest BCUT2D eigenvalue weighted by Gasteiger charge is -2.29. The van der Waals surface area contributed by atoms with Gasteiger partial charge >= 0.3 is 0 Å². The van der Waals surface area contributed by atoms with Crippen LogP contribution in [-0.4, -0.2) is 28.8 Å². The number of aryl methyl sites for hydroxylation is 1. The number of anilines is 1. The Hall–Kier alpha value is -1.36. The lowest BCUT2D eigenvalue weighted by atomic mass is 9.92. The van der Waals surface area contributed by atoms with Crippen molar-refractivity contribution in [3.8, 4) is 0 Å². The van der Waals surface area contributed by atoms with E-state index in [2.05, 4.69) is 22.4 Å². The normalized spacial score (nSPS) is 24.6. The summed E-state index contributed by atoms with van der Waals surface area (Å²) in [5, 5.41) is 9.65. The molecule has 1 aliphatic heterocycles. The maximum atomic E-state index is 12.1. The van der Waals surface area contributed by atoms with Crippen LogP contribution >= 0.6 is 0 Å². The highest BCUT2D eigenvalue weighted by Crippen LogP contribution is 2.24. The number of nitrogens with zero attached hydrogens (tertiary/aromatic N) is 1. The highest BCUT2D eigenvalue weighted by molar-refractivity contribution is 5.92. The zero-order chi connectivity index (χ0) is 12.3. The molecule has 0 spiro atoms. The molecule has 0 aromatic carbocycles. The van der Waals surface area contributed by atoms with Crippen LogP contribution in [0.4, 0.5) is 5.82 Å². The van der Waals surface area contributed by atoms with Crippen LogP contribution in [0.2, 0.25) is 0 Å². The molecule has 1 aromatic heterocycles. The number of rotatable bonds is 3. The van der Waals surface area contributed by atoms with Gasteiger partial charge in [0.1, 0.15) is 0 Å². The zero-order valence-electron chi connectivity index (χ0n) is 10.3. The largest absolute Gasteiger partial charge is 0.377 e. The predicted molar refractivity (Wildman–Crippen MR) is 64.7 cm³/mol. The number of aromatic nitrogens is 2. The average Bonchev–Trinajstić information content (AvgIpc) is 2.74. The van der Waals surface area contributed by atoms with Crippen LogP contribution in [0, 0.1) is 12.8 Å². The van der Waals surface area contributed by atoms with E-state index in [1.165, 1.54) is 0 Å². The molecule has 17 heavy (non-hydrogen) atoms. The highest BCUT2D eigenvalue weighted by atomic mass is 16.5. The second-order valence-corrected chi connectivity index (χ2v) is 4.49. The maximum absolute atomic E-state index is 12.1. The molecule has 1 aliphatic rings. The molecule has 1 amide bonds. The molecule has 1 fully saturated rings. The fourth-order valence-corrected chi connectivity index (χ4v) is 2.24. The van der Waals surface area contributed by atoms with Crippen LogP contribution in [0.1, 0.15) is 31.9 Å². The summed E-state index contributed by atoms with van der Waals surface area (Å²) in [5.41, 5.74) is 0.937.